The maximum absolute atomic E-state index is 14.0. The lowest BCUT2D eigenvalue weighted by Gasteiger charge is -2.11. The highest BCUT2D eigenvalue weighted by molar-refractivity contribution is 5.95. The third-order valence-corrected chi connectivity index (χ3v) is 4.00. The zero-order valence-electron chi connectivity index (χ0n) is 14.3. The highest BCUT2D eigenvalue weighted by atomic mass is 19.4. The van der Waals surface area contributed by atoms with Crippen LogP contribution in [0.4, 0.5) is 17.6 Å². The average Bonchev–Trinajstić information content (AvgIpc) is 3.02. The van der Waals surface area contributed by atoms with Gasteiger partial charge in [-0.2, -0.15) is 13.2 Å². The fraction of sp³-hybridized carbons (Fsp3) is 0.167. The molecule has 0 radical (unpaired) electrons. The third-order valence-electron chi connectivity index (χ3n) is 4.00. The van der Waals surface area contributed by atoms with Gasteiger partial charge in [0.2, 0.25) is 5.91 Å². The van der Waals surface area contributed by atoms with E-state index in [1.54, 1.807) is 12.3 Å². The summed E-state index contributed by atoms with van der Waals surface area (Å²) in [5.41, 5.74) is 5.60. The van der Waals surface area contributed by atoms with Crippen molar-refractivity contribution in [3.63, 3.8) is 0 Å². The lowest BCUT2D eigenvalue weighted by atomic mass is 10.1. The summed E-state index contributed by atoms with van der Waals surface area (Å²) in [6.45, 7) is -0.695. The van der Waals surface area contributed by atoms with Gasteiger partial charge in [0.1, 0.15) is 5.65 Å². The van der Waals surface area contributed by atoms with Gasteiger partial charge >= 0.3 is 6.18 Å². The molecule has 0 aliphatic heterocycles. The molecule has 0 aliphatic rings. The molecule has 3 N–H and O–H groups in total. The third kappa shape index (κ3) is 4.27. The van der Waals surface area contributed by atoms with Crippen LogP contribution < -0.4 is 11.3 Å². The summed E-state index contributed by atoms with van der Waals surface area (Å²) in [6, 6.07) is 2.56. The molecule has 3 aromatic heterocycles. The number of fused-ring (bicyclic) bond motifs is 1. The van der Waals surface area contributed by atoms with Crippen molar-refractivity contribution in [1.29, 1.82) is 0 Å². The van der Waals surface area contributed by atoms with Gasteiger partial charge in [-0.15, -0.1) is 0 Å². The normalized spacial score (nSPS) is 12.1. The Morgan fingerprint density at radius 1 is 1.29 bits per heavy atom. The fourth-order valence-electron chi connectivity index (χ4n) is 2.66. The molecule has 0 spiro atoms. The number of alkyl halides is 3. The molecule has 3 rings (SSSR count). The number of hydrogen-bond donors (Lipinski definition) is 2. The van der Waals surface area contributed by atoms with Crippen molar-refractivity contribution in [2.24, 2.45) is 5.73 Å². The van der Waals surface area contributed by atoms with E-state index in [-0.39, 0.29) is 5.56 Å². The van der Waals surface area contributed by atoms with Crippen LogP contribution in [0.3, 0.4) is 0 Å². The van der Waals surface area contributed by atoms with Gasteiger partial charge in [0.25, 0.3) is 5.56 Å². The first-order valence-electron chi connectivity index (χ1n) is 8.06. The van der Waals surface area contributed by atoms with E-state index in [0.717, 1.165) is 18.3 Å². The van der Waals surface area contributed by atoms with E-state index in [1.807, 2.05) is 0 Å². The number of carbonyl (C=O) groups excluding carboxylic acids is 1. The van der Waals surface area contributed by atoms with Gasteiger partial charge in [0.15, 0.2) is 5.82 Å². The van der Waals surface area contributed by atoms with Crippen molar-refractivity contribution in [1.82, 2.24) is 14.5 Å². The number of pyridine rings is 2. The van der Waals surface area contributed by atoms with Crippen molar-refractivity contribution in [2.75, 3.05) is 0 Å². The zero-order valence-corrected chi connectivity index (χ0v) is 14.3. The standard InChI is InChI=1S/C18H14F4N4O2/c19-14-6-12(9-26(17(14)28)4-3-18(20,21)22)11-5-13-10(1-2-15(23)27)7-24-16(13)25-8-11/h1-2,5-9H,3-4H2,(H2,23,27)(H,24,25)/b2-1+. The van der Waals surface area contributed by atoms with E-state index in [4.69, 9.17) is 5.73 Å². The molecule has 6 nitrogen and oxygen atoms in total. The molecular weight excluding hydrogens is 380 g/mol. The van der Waals surface area contributed by atoms with Crippen molar-refractivity contribution < 1.29 is 22.4 Å². The first-order chi connectivity index (χ1) is 13.1. The van der Waals surface area contributed by atoms with Crippen LogP contribution in [-0.2, 0) is 11.3 Å². The Bertz CT molecular complexity index is 1130. The van der Waals surface area contributed by atoms with Crippen molar-refractivity contribution in [3.8, 4) is 11.1 Å². The van der Waals surface area contributed by atoms with Crippen LogP contribution in [0.1, 0.15) is 12.0 Å². The number of nitrogens with one attached hydrogen (secondary N) is 1. The molecule has 0 fully saturated rings. The molecule has 146 valence electrons. The van der Waals surface area contributed by atoms with Gasteiger partial charge in [0.05, 0.1) is 6.42 Å². The molecule has 0 bridgehead atoms. The molecule has 0 saturated heterocycles. The highest BCUT2D eigenvalue weighted by Crippen LogP contribution is 2.26. The Hall–Kier alpha value is -3.43. The summed E-state index contributed by atoms with van der Waals surface area (Å²) in [5, 5.41) is 0.587. The smallest absolute Gasteiger partial charge is 0.366 e. The molecule has 0 aliphatic carbocycles. The largest absolute Gasteiger partial charge is 0.390 e. The summed E-state index contributed by atoms with van der Waals surface area (Å²) in [6.07, 6.45) is 1.04. The summed E-state index contributed by atoms with van der Waals surface area (Å²) in [4.78, 5) is 29.8. The van der Waals surface area contributed by atoms with E-state index in [0.29, 0.717) is 26.7 Å². The van der Waals surface area contributed by atoms with Crippen LogP contribution in [-0.4, -0.2) is 26.6 Å². The number of aryl methyl sites for hydroxylation is 1. The van der Waals surface area contributed by atoms with Crippen LogP contribution in [0.25, 0.3) is 28.2 Å². The summed E-state index contributed by atoms with van der Waals surface area (Å²) in [5.74, 6) is -1.81. The number of nitrogens with zero attached hydrogens (tertiary/aromatic N) is 2. The molecule has 1 amide bonds. The van der Waals surface area contributed by atoms with Gasteiger partial charge < -0.3 is 15.3 Å². The lowest BCUT2D eigenvalue weighted by Crippen LogP contribution is -2.25. The monoisotopic (exact) mass is 394 g/mol. The number of halogens is 4. The van der Waals surface area contributed by atoms with Gasteiger partial charge in [0, 0.05) is 53.3 Å². The maximum atomic E-state index is 14.0. The molecule has 28 heavy (non-hydrogen) atoms. The van der Waals surface area contributed by atoms with Crippen molar-refractivity contribution in [3.05, 3.63) is 58.5 Å². The van der Waals surface area contributed by atoms with Crippen LogP contribution in [0.15, 0.2) is 41.6 Å². The number of carbonyl (C=O) groups is 1. The van der Waals surface area contributed by atoms with Gasteiger partial charge in [-0.1, -0.05) is 0 Å². The molecule has 3 heterocycles. The molecule has 0 saturated carbocycles. The van der Waals surface area contributed by atoms with E-state index in [1.165, 1.54) is 12.3 Å². The number of hydrogen-bond acceptors (Lipinski definition) is 3. The van der Waals surface area contributed by atoms with E-state index >= 15 is 0 Å². The Balaban J connectivity index is 2.04. The fourth-order valence-corrected chi connectivity index (χ4v) is 2.66. The summed E-state index contributed by atoms with van der Waals surface area (Å²) >= 11 is 0. The first kappa shape index (κ1) is 19.3. The Morgan fingerprint density at radius 3 is 2.71 bits per heavy atom. The van der Waals surface area contributed by atoms with Crippen LogP contribution in [0, 0.1) is 5.82 Å². The molecular formula is C18H14F4N4O2. The second-order valence-corrected chi connectivity index (χ2v) is 6.04. The Labute approximate surface area is 155 Å². The molecule has 0 aromatic carbocycles. The second kappa shape index (κ2) is 7.29. The SMILES string of the molecule is NC(=O)/C=C/c1c[nH]c2ncc(-c3cc(F)c(=O)n(CCC(F)(F)F)c3)cc12. The lowest BCUT2D eigenvalue weighted by molar-refractivity contribution is -0.136. The Morgan fingerprint density at radius 2 is 2.04 bits per heavy atom. The second-order valence-electron chi connectivity index (χ2n) is 6.04. The van der Waals surface area contributed by atoms with Gasteiger partial charge in [-0.3, -0.25) is 9.59 Å². The topological polar surface area (TPSA) is 93.8 Å². The molecule has 0 atom stereocenters. The quantitative estimate of drug-likeness (QED) is 0.515. The van der Waals surface area contributed by atoms with E-state index < -0.39 is 36.4 Å². The number of primary amides is 1. The van der Waals surface area contributed by atoms with Gasteiger partial charge in [-0.25, -0.2) is 9.37 Å². The van der Waals surface area contributed by atoms with Crippen molar-refractivity contribution in [2.45, 2.75) is 19.1 Å². The Kier molecular flexibility index (Phi) is 5.04. The zero-order chi connectivity index (χ0) is 20.5. The average molecular weight is 394 g/mol. The summed E-state index contributed by atoms with van der Waals surface area (Å²) in [7, 11) is 0. The minimum absolute atomic E-state index is 0.194. The number of amides is 1. The van der Waals surface area contributed by atoms with E-state index in [9.17, 15) is 27.2 Å². The maximum Gasteiger partial charge on any atom is 0.390 e. The number of aromatic nitrogens is 3. The predicted molar refractivity (Wildman–Crippen MR) is 94.6 cm³/mol. The summed E-state index contributed by atoms with van der Waals surface area (Å²) < 4.78 is 52.0. The van der Waals surface area contributed by atoms with Crippen LogP contribution >= 0.6 is 0 Å². The molecule has 0 unspecified atom stereocenters. The number of rotatable bonds is 5. The number of aromatic amines is 1. The molecule has 10 heteroatoms. The van der Waals surface area contributed by atoms with E-state index in [2.05, 4.69) is 9.97 Å². The van der Waals surface area contributed by atoms with Crippen LogP contribution in [0.2, 0.25) is 0 Å². The van der Waals surface area contributed by atoms with Crippen LogP contribution in [0.5, 0.6) is 0 Å². The molecule has 3 aromatic rings. The van der Waals surface area contributed by atoms with Crippen molar-refractivity contribution >= 4 is 23.0 Å². The first-order valence-corrected chi connectivity index (χ1v) is 8.06. The highest BCUT2D eigenvalue weighted by Gasteiger charge is 2.27. The number of nitrogens with two attached hydrogens (primary N) is 1. The number of H-pyrrole nitrogens is 1. The van der Waals surface area contributed by atoms with Gasteiger partial charge in [-0.05, 0) is 18.2 Å². The predicted octanol–water partition coefficient (Wildman–Crippen LogP) is 2.98. The minimum Gasteiger partial charge on any atom is -0.366 e. The minimum atomic E-state index is -4.47.